The minimum absolute atomic E-state index is 0.185. The van der Waals surface area contributed by atoms with Gasteiger partial charge in [-0.15, -0.1) is 0 Å². The van der Waals surface area contributed by atoms with Gasteiger partial charge in [-0.05, 0) is 43.3 Å². The number of nitrogens with one attached hydrogen (secondary N) is 2. The van der Waals surface area contributed by atoms with Gasteiger partial charge in [-0.3, -0.25) is 10.2 Å². The fourth-order valence-electron chi connectivity index (χ4n) is 2.83. The molecule has 7 heteroatoms. The fourth-order valence-corrected chi connectivity index (χ4v) is 3.22. The Labute approximate surface area is 150 Å². The van der Waals surface area contributed by atoms with Crippen molar-refractivity contribution < 1.29 is 4.42 Å². The van der Waals surface area contributed by atoms with Crippen molar-refractivity contribution in [2.45, 2.75) is 38.1 Å². The SMILES string of the molecule is O=c1c(/C=N/NC(=S)NC2CCCCC2)coc2ccc(Cl)cc12. The topological polar surface area (TPSA) is 66.6 Å². The van der Waals surface area contributed by atoms with E-state index >= 15 is 0 Å². The Kier molecular flexibility index (Phi) is 5.48. The molecule has 1 aromatic carbocycles. The van der Waals surface area contributed by atoms with E-state index in [9.17, 15) is 4.79 Å². The van der Waals surface area contributed by atoms with E-state index in [2.05, 4.69) is 15.8 Å². The highest BCUT2D eigenvalue weighted by atomic mass is 35.5. The van der Waals surface area contributed by atoms with E-state index in [1.807, 2.05) is 0 Å². The maximum Gasteiger partial charge on any atom is 0.201 e. The molecular formula is C17H18ClN3O2S. The molecule has 2 aromatic rings. The van der Waals surface area contributed by atoms with Crippen molar-refractivity contribution in [1.82, 2.24) is 10.7 Å². The Morgan fingerprint density at radius 2 is 2.12 bits per heavy atom. The van der Waals surface area contributed by atoms with E-state index in [0.29, 0.717) is 32.7 Å². The summed E-state index contributed by atoms with van der Waals surface area (Å²) in [4.78, 5) is 12.4. The van der Waals surface area contributed by atoms with Crippen LogP contribution < -0.4 is 16.2 Å². The van der Waals surface area contributed by atoms with Gasteiger partial charge in [-0.2, -0.15) is 5.10 Å². The lowest BCUT2D eigenvalue weighted by Crippen LogP contribution is -2.40. The van der Waals surface area contributed by atoms with Crippen LogP contribution in [0.4, 0.5) is 0 Å². The molecule has 0 unspecified atom stereocenters. The monoisotopic (exact) mass is 363 g/mol. The highest BCUT2D eigenvalue weighted by Gasteiger charge is 2.13. The van der Waals surface area contributed by atoms with Crippen molar-refractivity contribution in [2.24, 2.45) is 5.10 Å². The van der Waals surface area contributed by atoms with Gasteiger partial charge >= 0.3 is 0 Å². The van der Waals surface area contributed by atoms with Crippen molar-refractivity contribution in [3.8, 4) is 0 Å². The Morgan fingerprint density at radius 1 is 1.33 bits per heavy atom. The summed E-state index contributed by atoms with van der Waals surface area (Å²) in [5.41, 5.74) is 3.38. The van der Waals surface area contributed by atoms with E-state index in [1.54, 1.807) is 18.2 Å². The zero-order valence-electron chi connectivity index (χ0n) is 13.0. The zero-order valence-corrected chi connectivity index (χ0v) is 14.6. The van der Waals surface area contributed by atoms with Crippen LogP contribution in [-0.2, 0) is 0 Å². The maximum atomic E-state index is 12.4. The molecule has 0 aliphatic heterocycles. The largest absolute Gasteiger partial charge is 0.463 e. The molecule has 1 heterocycles. The summed E-state index contributed by atoms with van der Waals surface area (Å²) in [5.74, 6) is 0. The Balaban J connectivity index is 1.66. The van der Waals surface area contributed by atoms with E-state index in [0.717, 1.165) is 12.8 Å². The lowest BCUT2D eigenvalue weighted by Gasteiger charge is -2.23. The molecule has 1 aliphatic rings. The van der Waals surface area contributed by atoms with E-state index in [-0.39, 0.29) is 5.43 Å². The van der Waals surface area contributed by atoms with Crippen LogP contribution in [0.15, 0.2) is 38.8 Å². The van der Waals surface area contributed by atoms with E-state index in [1.165, 1.54) is 31.7 Å². The molecule has 1 aromatic heterocycles. The number of rotatable bonds is 3. The van der Waals surface area contributed by atoms with Crippen molar-refractivity contribution >= 4 is 46.1 Å². The molecule has 2 N–H and O–H groups in total. The van der Waals surface area contributed by atoms with E-state index < -0.39 is 0 Å². The van der Waals surface area contributed by atoms with Crippen LogP contribution in [-0.4, -0.2) is 17.4 Å². The van der Waals surface area contributed by atoms with Gasteiger partial charge in [0.25, 0.3) is 0 Å². The highest BCUT2D eigenvalue weighted by molar-refractivity contribution is 7.80. The molecule has 0 spiro atoms. The average molecular weight is 364 g/mol. The third kappa shape index (κ3) is 4.13. The molecule has 24 heavy (non-hydrogen) atoms. The third-order valence-corrected chi connectivity index (χ3v) is 4.52. The first-order valence-corrected chi connectivity index (χ1v) is 8.73. The summed E-state index contributed by atoms with van der Waals surface area (Å²) in [5, 5.41) is 8.65. The van der Waals surface area contributed by atoms with Gasteiger partial charge in [-0.1, -0.05) is 30.9 Å². The van der Waals surface area contributed by atoms with E-state index in [4.69, 9.17) is 28.2 Å². The molecule has 0 bridgehead atoms. The molecule has 1 aliphatic carbocycles. The molecule has 1 saturated carbocycles. The fraction of sp³-hybridized carbons (Fsp3) is 0.353. The summed E-state index contributed by atoms with van der Waals surface area (Å²) in [6.07, 6.45) is 8.77. The molecule has 0 atom stereocenters. The molecule has 0 amide bonds. The minimum atomic E-state index is -0.185. The van der Waals surface area contributed by atoms with Crippen LogP contribution in [0.3, 0.4) is 0 Å². The first kappa shape index (κ1) is 16.9. The summed E-state index contributed by atoms with van der Waals surface area (Å²) in [7, 11) is 0. The quantitative estimate of drug-likeness (QED) is 0.495. The van der Waals surface area contributed by atoms with Crippen LogP contribution in [0.1, 0.15) is 37.7 Å². The number of benzene rings is 1. The standard InChI is InChI=1S/C17H18ClN3O2S/c18-12-6-7-15-14(8-12)16(22)11(10-23-15)9-19-21-17(24)20-13-4-2-1-3-5-13/h6-10,13H,1-5H2,(H2,20,21,24)/b19-9+. The van der Waals surface area contributed by atoms with Crippen molar-refractivity contribution in [3.05, 3.63) is 45.3 Å². The van der Waals surface area contributed by atoms with Gasteiger partial charge < -0.3 is 9.73 Å². The summed E-state index contributed by atoms with van der Waals surface area (Å²) < 4.78 is 5.43. The summed E-state index contributed by atoms with van der Waals surface area (Å²) in [6, 6.07) is 5.34. The van der Waals surface area contributed by atoms with Gasteiger partial charge in [0.2, 0.25) is 5.43 Å². The number of hydrazone groups is 1. The number of nitrogens with zero attached hydrogens (tertiary/aromatic N) is 1. The molecule has 3 rings (SSSR count). The molecule has 0 saturated heterocycles. The minimum Gasteiger partial charge on any atom is -0.463 e. The second-order valence-corrected chi connectivity index (χ2v) is 6.68. The number of thiocarbonyl (C=S) groups is 1. The van der Waals surface area contributed by atoms with Gasteiger partial charge in [0.05, 0.1) is 17.2 Å². The number of hydrogen-bond acceptors (Lipinski definition) is 4. The van der Waals surface area contributed by atoms with Crippen molar-refractivity contribution in [2.75, 3.05) is 0 Å². The Bertz CT molecular complexity index is 828. The summed E-state index contributed by atoms with van der Waals surface area (Å²) >= 11 is 11.2. The zero-order chi connectivity index (χ0) is 16.9. The van der Waals surface area contributed by atoms with Gasteiger partial charge in [-0.25, -0.2) is 0 Å². The molecule has 1 fully saturated rings. The number of fused-ring (bicyclic) bond motifs is 1. The van der Waals surface area contributed by atoms with Crippen LogP contribution >= 0.6 is 23.8 Å². The summed E-state index contributed by atoms with van der Waals surface area (Å²) in [6.45, 7) is 0. The van der Waals surface area contributed by atoms with Crippen molar-refractivity contribution in [3.63, 3.8) is 0 Å². The second kappa shape index (κ2) is 7.77. The Morgan fingerprint density at radius 3 is 2.92 bits per heavy atom. The van der Waals surface area contributed by atoms with Gasteiger partial charge in [0.1, 0.15) is 11.8 Å². The Hall–Kier alpha value is -1.92. The smallest absolute Gasteiger partial charge is 0.201 e. The average Bonchev–Trinajstić information content (AvgIpc) is 2.58. The second-order valence-electron chi connectivity index (χ2n) is 5.84. The van der Waals surface area contributed by atoms with Crippen LogP contribution in [0.25, 0.3) is 11.0 Å². The van der Waals surface area contributed by atoms with Crippen LogP contribution in [0.2, 0.25) is 5.02 Å². The highest BCUT2D eigenvalue weighted by Crippen LogP contribution is 2.17. The molecule has 5 nitrogen and oxygen atoms in total. The molecule has 0 radical (unpaired) electrons. The van der Waals surface area contributed by atoms with Gasteiger partial charge in [0, 0.05) is 11.1 Å². The number of hydrogen-bond donors (Lipinski definition) is 2. The van der Waals surface area contributed by atoms with Crippen molar-refractivity contribution in [1.29, 1.82) is 0 Å². The first-order valence-electron chi connectivity index (χ1n) is 7.94. The van der Waals surface area contributed by atoms with Crippen LogP contribution in [0.5, 0.6) is 0 Å². The van der Waals surface area contributed by atoms with Gasteiger partial charge in [0.15, 0.2) is 5.11 Å². The molecular weight excluding hydrogens is 346 g/mol. The predicted octanol–water partition coefficient (Wildman–Crippen LogP) is 3.58. The molecule has 126 valence electrons. The number of halogens is 1. The predicted molar refractivity (Wildman–Crippen MR) is 101 cm³/mol. The normalized spacial score (nSPS) is 15.7. The first-order chi connectivity index (χ1) is 11.6. The lowest BCUT2D eigenvalue weighted by molar-refractivity contribution is 0.412. The van der Waals surface area contributed by atoms with Crippen LogP contribution in [0, 0.1) is 0 Å². The lowest BCUT2D eigenvalue weighted by atomic mass is 9.96. The third-order valence-electron chi connectivity index (χ3n) is 4.07. The maximum absolute atomic E-state index is 12.4.